The molecule has 0 saturated heterocycles. The average Bonchev–Trinajstić information content (AvgIpc) is 2.46. The molecule has 10 heteroatoms. The van der Waals surface area contributed by atoms with Crippen molar-refractivity contribution in [3.8, 4) is 0 Å². The van der Waals surface area contributed by atoms with Crippen LogP contribution in [0.2, 0.25) is 0 Å². The first-order valence-electron chi connectivity index (χ1n) is 6.91. The minimum absolute atomic E-state index is 0.404. The van der Waals surface area contributed by atoms with Crippen molar-refractivity contribution < 1.29 is 39.2 Å². The summed E-state index contributed by atoms with van der Waals surface area (Å²) >= 11 is 0. The molecule has 0 spiro atoms. The highest BCUT2D eigenvalue weighted by Gasteiger charge is 2.72. The lowest BCUT2D eigenvalue weighted by molar-refractivity contribution is -0.288. The van der Waals surface area contributed by atoms with Crippen molar-refractivity contribution >= 4 is 9.84 Å². The summed E-state index contributed by atoms with van der Waals surface area (Å²) in [5.41, 5.74) is -6.90. The molecule has 2 aromatic rings. The van der Waals surface area contributed by atoms with Gasteiger partial charge >= 0.3 is 12.4 Å². The standard InChI is InChI=1S/C16H11F7O2S/c1-26(24,25)13-8-4-11(5-9-13)14(15(18,19)20,16(21,22)23)10-2-6-12(17)7-3-10/h2-9H,1H3. The molecule has 0 aliphatic rings. The summed E-state index contributed by atoms with van der Waals surface area (Å²) in [7, 11) is -3.82. The Labute approximate surface area is 144 Å². The molecule has 2 rings (SSSR count). The molecule has 0 atom stereocenters. The summed E-state index contributed by atoms with van der Waals surface area (Å²) in [6.45, 7) is 0. The monoisotopic (exact) mass is 400 g/mol. The molecule has 0 N–H and O–H groups in total. The van der Waals surface area contributed by atoms with Crippen LogP contribution in [0.15, 0.2) is 53.4 Å². The van der Waals surface area contributed by atoms with Crippen molar-refractivity contribution in [2.24, 2.45) is 0 Å². The van der Waals surface area contributed by atoms with Gasteiger partial charge in [-0.05, 0) is 35.4 Å². The van der Waals surface area contributed by atoms with Crippen molar-refractivity contribution in [3.63, 3.8) is 0 Å². The lowest BCUT2D eigenvalue weighted by atomic mass is 9.73. The third-order valence-corrected chi connectivity index (χ3v) is 4.97. The van der Waals surface area contributed by atoms with E-state index in [1.54, 1.807) is 0 Å². The lowest BCUT2D eigenvalue weighted by Gasteiger charge is -2.38. The molecular weight excluding hydrogens is 389 g/mol. The van der Waals surface area contributed by atoms with Crippen molar-refractivity contribution in [3.05, 3.63) is 65.5 Å². The molecule has 2 nitrogen and oxygen atoms in total. The van der Waals surface area contributed by atoms with Crippen molar-refractivity contribution in [1.82, 2.24) is 0 Å². The third-order valence-electron chi connectivity index (χ3n) is 3.84. The fourth-order valence-electron chi connectivity index (χ4n) is 2.63. The number of hydrogen-bond acceptors (Lipinski definition) is 2. The van der Waals surface area contributed by atoms with E-state index in [2.05, 4.69) is 0 Å². The van der Waals surface area contributed by atoms with Gasteiger partial charge in [-0.25, -0.2) is 12.8 Å². The second kappa shape index (κ2) is 6.26. The normalized spacial score (nSPS) is 13.7. The van der Waals surface area contributed by atoms with E-state index in [9.17, 15) is 39.2 Å². The highest BCUT2D eigenvalue weighted by Crippen LogP contribution is 2.56. The highest BCUT2D eigenvalue weighted by molar-refractivity contribution is 7.90. The van der Waals surface area contributed by atoms with Crippen LogP contribution in [0.25, 0.3) is 0 Å². The maximum Gasteiger partial charge on any atom is 0.411 e. The first-order chi connectivity index (χ1) is 11.7. The molecule has 26 heavy (non-hydrogen) atoms. The number of rotatable bonds is 3. The number of hydrogen-bond donors (Lipinski definition) is 0. The minimum atomic E-state index is -5.82. The van der Waals surface area contributed by atoms with Gasteiger partial charge in [0, 0.05) is 6.26 Å². The summed E-state index contributed by atoms with van der Waals surface area (Å²) in [6, 6.07) is 4.04. The van der Waals surface area contributed by atoms with Crippen molar-refractivity contribution in [2.45, 2.75) is 22.7 Å². The smallest absolute Gasteiger partial charge is 0.224 e. The Morgan fingerprint density at radius 1 is 0.692 bits per heavy atom. The quantitative estimate of drug-likeness (QED) is 0.704. The van der Waals surface area contributed by atoms with E-state index in [1.165, 1.54) is 0 Å². The van der Waals surface area contributed by atoms with Gasteiger partial charge in [-0.2, -0.15) is 26.3 Å². The maximum atomic E-state index is 13.7. The van der Waals surface area contributed by atoms with Crippen LogP contribution in [0.5, 0.6) is 0 Å². The average molecular weight is 400 g/mol. The molecule has 0 fully saturated rings. The number of halogens is 7. The molecule has 0 aromatic heterocycles. The lowest BCUT2D eigenvalue weighted by Crippen LogP contribution is -2.54. The van der Waals surface area contributed by atoms with Crippen LogP contribution in [-0.4, -0.2) is 27.0 Å². The van der Waals surface area contributed by atoms with E-state index >= 15 is 0 Å². The first-order valence-corrected chi connectivity index (χ1v) is 8.80. The van der Waals surface area contributed by atoms with E-state index in [0.29, 0.717) is 48.5 Å². The van der Waals surface area contributed by atoms with Crippen LogP contribution in [0.1, 0.15) is 11.1 Å². The van der Waals surface area contributed by atoms with E-state index in [0.717, 1.165) is 6.26 Å². The second-order valence-electron chi connectivity index (χ2n) is 5.55. The van der Waals surface area contributed by atoms with Gasteiger partial charge in [0.15, 0.2) is 9.84 Å². The topological polar surface area (TPSA) is 34.1 Å². The van der Waals surface area contributed by atoms with Gasteiger partial charge in [-0.1, -0.05) is 24.3 Å². The highest BCUT2D eigenvalue weighted by atomic mass is 32.2. The summed E-state index contributed by atoms with van der Waals surface area (Å²) in [5.74, 6) is -1.00. The van der Waals surface area contributed by atoms with E-state index in [1.807, 2.05) is 0 Å². The second-order valence-corrected chi connectivity index (χ2v) is 7.56. The largest absolute Gasteiger partial charge is 0.411 e. The number of alkyl halides is 6. The van der Waals surface area contributed by atoms with E-state index in [-0.39, 0.29) is 0 Å². The Morgan fingerprint density at radius 3 is 1.35 bits per heavy atom. The van der Waals surface area contributed by atoms with Gasteiger partial charge in [0.25, 0.3) is 0 Å². The van der Waals surface area contributed by atoms with Crippen molar-refractivity contribution in [2.75, 3.05) is 6.26 Å². The molecule has 142 valence electrons. The van der Waals surface area contributed by atoms with Crippen LogP contribution in [0.4, 0.5) is 30.7 Å². The molecule has 0 bridgehead atoms. The zero-order valence-electron chi connectivity index (χ0n) is 13.0. The van der Waals surface area contributed by atoms with Gasteiger partial charge in [0.2, 0.25) is 5.41 Å². The van der Waals surface area contributed by atoms with Crippen molar-refractivity contribution in [1.29, 1.82) is 0 Å². The molecule has 0 heterocycles. The summed E-state index contributed by atoms with van der Waals surface area (Å²) < 4.78 is 118. The Balaban J connectivity index is 2.86. The van der Waals surface area contributed by atoms with Crippen LogP contribution in [0.3, 0.4) is 0 Å². The Hall–Kier alpha value is -2.10. The van der Waals surface area contributed by atoms with Crippen LogP contribution in [-0.2, 0) is 15.3 Å². The maximum absolute atomic E-state index is 13.7. The van der Waals surface area contributed by atoms with Gasteiger partial charge in [-0.3, -0.25) is 0 Å². The predicted octanol–water partition coefficient (Wildman–Crippen LogP) is 4.64. The fraction of sp³-hybridized carbons (Fsp3) is 0.250. The zero-order chi connectivity index (χ0) is 20.0. The van der Waals surface area contributed by atoms with E-state index in [4.69, 9.17) is 0 Å². The summed E-state index contributed by atoms with van der Waals surface area (Å²) in [6.07, 6.45) is -10.9. The molecule has 0 aliphatic carbocycles. The van der Waals surface area contributed by atoms with Gasteiger partial charge in [0.1, 0.15) is 5.82 Å². The summed E-state index contributed by atoms with van der Waals surface area (Å²) in [5, 5.41) is 0. The minimum Gasteiger partial charge on any atom is -0.224 e. The SMILES string of the molecule is CS(=O)(=O)c1ccc(C(c2ccc(F)cc2)(C(F)(F)F)C(F)(F)F)cc1. The zero-order valence-corrected chi connectivity index (χ0v) is 13.8. The molecule has 2 aromatic carbocycles. The molecule has 0 radical (unpaired) electrons. The third kappa shape index (κ3) is 3.29. The van der Waals surface area contributed by atoms with Crippen LogP contribution >= 0.6 is 0 Å². The summed E-state index contributed by atoms with van der Waals surface area (Å²) in [4.78, 5) is -0.432. The Morgan fingerprint density at radius 2 is 1.04 bits per heavy atom. The van der Waals surface area contributed by atoms with Crippen LogP contribution < -0.4 is 0 Å². The van der Waals surface area contributed by atoms with Crippen LogP contribution in [0, 0.1) is 5.82 Å². The predicted molar refractivity (Wildman–Crippen MR) is 78.8 cm³/mol. The number of benzene rings is 2. The Kier molecular flexibility index (Phi) is 4.86. The van der Waals surface area contributed by atoms with Gasteiger partial charge < -0.3 is 0 Å². The van der Waals surface area contributed by atoms with Gasteiger partial charge in [-0.15, -0.1) is 0 Å². The Bertz CT molecular complexity index is 866. The first kappa shape index (κ1) is 20.2. The van der Waals surface area contributed by atoms with Gasteiger partial charge in [0.05, 0.1) is 4.90 Å². The molecule has 0 saturated carbocycles. The number of sulfone groups is 1. The fourth-order valence-corrected chi connectivity index (χ4v) is 3.26. The molecule has 0 unspecified atom stereocenters. The molecule has 0 amide bonds. The molecular formula is C16H11F7O2S. The van der Waals surface area contributed by atoms with E-state index < -0.39 is 49.4 Å². The molecule has 0 aliphatic heterocycles.